The Morgan fingerprint density at radius 1 is 1.18 bits per heavy atom. The van der Waals surface area contributed by atoms with Crippen molar-refractivity contribution in [2.24, 2.45) is 5.92 Å². The van der Waals surface area contributed by atoms with Gasteiger partial charge in [0.1, 0.15) is 13.2 Å². The van der Waals surface area contributed by atoms with Crippen LogP contribution >= 0.6 is 0 Å². The molecule has 0 spiro atoms. The zero-order chi connectivity index (χ0) is 22.9. The molecular formula is C25H30N4O4. The van der Waals surface area contributed by atoms with Crippen molar-refractivity contribution >= 4 is 16.9 Å². The van der Waals surface area contributed by atoms with Crippen molar-refractivity contribution in [2.45, 2.75) is 33.2 Å². The van der Waals surface area contributed by atoms with Crippen molar-refractivity contribution in [1.82, 2.24) is 19.7 Å². The first kappa shape index (κ1) is 21.7. The predicted molar refractivity (Wildman–Crippen MR) is 125 cm³/mol. The highest BCUT2D eigenvalue weighted by molar-refractivity contribution is 6.06. The van der Waals surface area contributed by atoms with Crippen LogP contribution < -0.4 is 9.47 Å². The van der Waals surface area contributed by atoms with Crippen LogP contribution in [0.5, 0.6) is 11.5 Å². The van der Waals surface area contributed by atoms with E-state index in [0.29, 0.717) is 61.5 Å². The maximum absolute atomic E-state index is 13.7. The molecule has 1 aromatic carbocycles. The molecule has 0 N–H and O–H groups in total. The van der Waals surface area contributed by atoms with E-state index in [2.05, 4.69) is 18.9 Å². The van der Waals surface area contributed by atoms with E-state index >= 15 is 0 Å². The first-order valence-corrected chi connectivity index (χ1v) is 11.7. The van der Waals surface area contributed by atoms with Gasteiger partial charge in [-0.15, -0.1) is 0 Å². The Hall–Kier alpha value is -3.13. The number of hydrogen-bond acceptors (Lipinski definition) is 6. The van der Waals surface area contributed by atoms with Crippen LogP contribution in [0.2, 0.25) is 0 Å². The summed E-state index contributed by atoms with van der Waals surface area (Å²) >= 11 is 0. The van der Waals surface area contributed by atoms with E-state index in [0.717, 1.165) is 29.7 Å². The Morgan fingerprint density at radius 3 is 2.73 bits per heavy atom. The molecular weight excluding hydrogens is 420 g/mol. The molecule has 1 atom stereocenters. The molecule has 0 bridgehead atoms. The number of carbonyl (C=O) groups excluding carboxylic acids is 1. The van der Waals surface area contributed by atoms with Gasteiger partial charge in [-0.25, -0.2) is 9.67 Å². The van der Waals surface area contributed by atoms with E-state index in [4.69, 9.17) is 19.2 Å². The predicted octanol–water partition coefficient (Wildman–Crippen LogP) is 3.95. The molecule has 2 aliphatic heterocycles. The van der Waals surface area contributed by atoms with Crippen molar-refractivity contribution in [1.29, 1.82) is 0 Å². The van der Waals surface area contributed by atoms with Gasteiger partial charge in [0.2, 0.25) is 0 Å². The molecule has 1 fully saturated rings. The molecule has 4 heterocycles. The summed E-state index contributed by atoms with van der Waals surface area (Å²) in [5.74, 6) is 1.80. The summed E-state index contributed by atoms with van der Waals surface area (Å²) in [7, 11) is 0. The summed E-state index contributed by atoms with van der Waals surface area (Å²) in [6.45, 7) is 10.0. The number of rotatable bonds is 6. The number of amides is 1. The number of pyridine rings is 1. The lowest BCUT2D eigenvalue weighted by atomic mass is 10.0. The molecule has 8 nitrogen and oxygen atoms in total. The Balaban J connectivity index is 1.59. The second-order valence-electron chi connectivity index (χ2n) is 8.91. The van der Waals surface area contributed by atoms with E-state index in [1.54, 1.807) is 6.20 Å². The van der Waals surface area contributed by atoms with Crippen LogP contribution in [0.3, 0.4) is 0 Å². The molecule has 1 amide bonds. The first-order chi connectivity index (χ1) is 16.0. The van der Waals surface area contributed by atoms with Crippen LogP contribution in [-0.4, -0.2) is 65.1 Å². The highest BCUT2D eigenvalue weighted by Crippen LogP contribution is 2.35. The summed E-state index contributed by atoms with van der Waals surface area (Å²) < 4.78 is 18.8. The van der Waals surface area contributed by atoms with Crippen LogP contribution in [0.15, 0.2) is 30.5 Å². The van der Waals surface area contributed by atoms with Crippen molar-refractivity contribution in [3.05, 3.63) is 36.0 Å². The quantitative estimate of drug-likeness (QED) is 0.566. The molecule has 174 valence electrons. The molecule has 0 radical (unpaired) electrons. The highest BCUT2D eigenvalue weighted by Gasteiger charge is 2.26. The van der Waals surface area contributed by atoms with Crippen molar-refractivity contribution in [3.63, 3.8) is 0 Å². The number of benzene rings is 1. The monoisotopic (exact) mass is 450 g/mol. The van der Waals surface area contributed by atoms with Gasteiger partial charge in [-0.1, -0.05) is 0 Å². The zero-order valence-corrected chi connectivity index (χ0v) is 19.4. The topological polar surface area (TPSA) is 78.7 Å². The van der Waals surface area contributed by atoms with E-state index in [1.807, 2.05) is 40.8 Å². The van der Waals surface area contributed by atoms with Gasteiger partial charge in [0.05, 0.1) is 29.4 Å². The largest absolute Gasteiger partial charge is 0.486 e. The second kappa shape index (κ2) is 9.02. The van der Waals surface area contributed by atoms with Crippen LogP contribution in [0.4, 0.5) is 0 Å². The van der Waals surface area contributed by atoms with Gasteiger partial charge in [0.25, 0.3) is 5.91 Å². The van der Waals surface area contributed by atoms with Gasteiger partial charge in [-0.2, -0.15) is 5.10 Å². The minimum absolute atomic E-state index is 0.00102. The maximum atomic E-state index is 13.7. The molecule has 2 aromatic heterocycles. The van der Waals surface area contributed by atoms with Crippen LogP contribution in [0.1, 0.15) is 43.6 Å². The summed E-state index contributed by atoms with van der Waals surface area (Å²) in [5.41, 5.74) is 2.92. The molecule has 3 aromatic rings. The Morgan fingerprint density at radius 2 is 2.00 bits per heavy atom. The normalized spacial score (nSPS) is 17.6. The molecule has 1 saturated heterocycles. The molecule has 0 saturated carbocycles. The third kappa shape index (κ3) is 4.15. The third-order valence-electron chi connectivity index (χ3n) is 6.30. The Bertz CT molecular complexity index is 1170. The van der Waals surface area contributed by atoms with Gasteiger partial charge in [-0.05, 0) is 51.5 Å². The average Bonchev–Trinajstić information content (AvgIpc) is 3.51. The third-order valence-corrected chi connectivity index (χ3v) is 6.30. The average molecular weight is 451 g/mol. The standard InChI is InChI=1S/C25H30N4O4/c1-4-28(14-17-7-8-31-15-17)25(30)19-12-21(27-24-20(19)13-26-29(24)16(2)3)18-5-6-22-23(11-18)33-10-9-32-22/h5-6,11-13,16-17H,4,7-10,14-15H2,1-3H3. The smallest absolute Gasteiger partial charge is 0.254 e. The van der Waals surface area contributed by atoms with Gasteiger partial charge in [0.15, 0.2) is 17.1 Å². The molecule has 5 rings (SSSR count). The minimum Gasteiger partial charge on any atom is -0.486 e. The van der Waals surface area contributed by atoms with Crippen molar-refractivity contribution < 1.29 is 19.0 Å². The Labute approximate surface area is 193 Å². The molecule has 8 heteroatoms. The van der Waals surface area contributed by atoms with Crippen LogP contribution in [0.25, 0.3) is 22.3 Å². The SMILES string of the molecule is CCN(CC1CCOC1)C(=O)c1cc(-c2ccc3c(c2)OCCO3)nc2c1cnn2C(C)C. The first-order valence-electron chi connectivity index (χ1n) is 11.7. The van der Waals surface area contributed by atoms with Crippen LogP contribution in [-0.2, 0) is 4.74 Å². The summed E-state index contributed by atoms with van der Waals surface area (Å²) in [5, 5.41) is 5.32. The molecule has 1 unspecified atom stereocenters. The lowest BCUT2D eigenvalue weighted by Gasteiger charge is -2.24. The van der Waals surface area contributed by atoms with Crippen molar-refractivity contribution in [2.75, 3.05) is 39.5 Å². The van der Waals surface area contributed by atoms with Gasteiger partial charge in [-0.3, -0.25) is 4.79 Å². The van der Waals surface area contributed by atoms with Gasteiger partial charge < -0.3 is 19.1 Å². The number of hydrogen-bond donors (Lipinski definition) is 0. The van der Waals surface area contributed by atoms with Gasteiger partial charge >= 0.3 is 0 Å². The van der Waals surface area contributed by atoms with Crippen molar-refractivity contribution in [3.8, 4) is 22.8 Å². The molecule has 2 aliphatic rings. The van der Waals surface area contributed by atoms with E-state index < -0.39 is 0 Å². The molecule has 0 aliphatic carbocycles. The van der Waals surface area contributed by atoms with E-state index in [-0.39, 0.29) is 11.9 Å². The Kier molecular flexibility index (Phi) is 5.93. The second-order valence-corrected chi connectivity index (χ2v) is 8.91. The summed E-state index contributed by atoms with van der Waals surface area (Å²) in [6.07, 6.45) is 2.75. The van der Waals surface area contributed by atoms with E-state index in [1.165, 1.54) is 0 Å². The number of nitrogens with zero attached hydrogens (tertiary/aromatic N) is 4. The lowest BCUT2D eigenvalue weighted by Crippen LogP contribution is -2.35. The highest BCUT2D eigenvalue weighted by atomic mass is 16.6. The molecule has 33 heavy (non-hydrogen) atoms. The fourth-order valence-corrected chi connectivity index (χ4v) is 4.49. The maximum Gasteiger partial charge on any atom is 0.254 e. The lowest BCUT2D eigenvalue weighted by molar-refractivity contribution is 0.0732. The number of ether oxygens (including phenoxy) is 3. The fourth-order valence-electron chi connectivity index (χ4n) is 4.49. The zero-order valence-electron chi connectivity index (χ0n) is 19.4. The summed E-state index contributed by atoms with van der Waals surface area (Å²) in [4.78, 5) is 20.6. The number of aromatic nitrogens is 3. The minimum atomic E-state index is -0.00102. The van der Waals surface area contributed by atoms with Crippen LogP contribution in [0, 0.1) is 5.92 Å². The summed E-state index contributed by atoms with van der Waals surface area (Å²) in [6, 6.07) is 7.79. The van der Waals surface area contributed by atoms with Gasteiger partial charge in [0, 0.05) is 37.2 Å². The van der Waals surface area contributed by atoms with E-state index in [9.17, 15) is 4.79 Å². The fraction of sp³-hybridized carbons (Fsp3) is 0.480. The number of carbonyl (C=O) groups is 1. The number of fused-ring (bicyclic) bond motifs is 2.